The fourth-order valence-electron chi connectivity index (χ4n) is 2.30. The standard InChI is InChI=1S/C16H13ClN4O2/c1-21-16(23)12-5-3-2-4-11(12)13(20-21)8-15(22)19-14-7-6-10(17)9-18-14/h2-7,9H,8H2,1H3,(H,18,19,22). The largest absolute Gasteiger partial charge is 0.310 e. The fourth-order valence-corrected chi connectivity index (χ4v) is 2.41. The molecule has 2 aromatic heterocycles. The minimum Gasteiger partial charge on any atom is -0.310 e. The molecule has 0 saturated heterocycles. The van der Waals surface area contributed by atoms with E-state index in [-0.39, 0.29) is 17.9 Å². The Labute approximate surface area is 136 Å². The van der Waals surface area contributed by atoms with Crippen molar-refractivity contribution in [2.45, 2.75) is 6.42 Å². The lowest BCUT2D eigenvalue weighted by atomic mass is 10.1. The van der Waals surface area contributed by atoms with Crippen LogP contribution in [-0.2, 0) is 18.3 Å². The maximum absolute atomic E-state index is 12.2. The van der Waals surface area contributed by atoms with Crippen LogP contribution in [0.2, 0.25) is 5.02 Å². The number of rotatable bonds is 3. The van der Waals surface area contributed by atoms with Crippen molar-refractivity contribution in [3.63, 3.8) is 0 Å². The Morgan fingerprint density at radius 1 is 1.22 bits per heavy atom. The van der Waals surface area contributed by atoms with Gasteiger partial charge in [0.15, 0.2) is 0 Å². The Balaban J connectivity index is 1.89. The molecule has 1 N–H and O–H groups in total. The van der Waals surface area contributed by atoms with Gasteiger partial charge in [-0.15, -0.1) is 0 Å². The van der Waals surface area contributed by atoms with Crippen molar-refractivity contribution in [2.24, 2.45) is 7.05 Å². The van der Waals surface area contributed by atoms with Crippen LogP contribution in [0.3, 0.4) is 0 Å². The summed E-state index contributed by atoms with van der Waals surface area (Å²) in [5, 5.41) is 8.59. The smallest absolute Gasteiger partial charge is 0.274 e. The minimum atomic E-state index is -0.267. The molecule has 23 heavy (non-hydrogen) atoms. The monoisotopic (exact) mass is 328 g/mol. The summed E-state index contributed by atoms with van der Waals surface area (Å²) < 4.78 is 1.24. The molecule has 0 unspecified atom stereocenters. The van der Waals surface area contributed by atoms with Crippen molar-refractivity contribution in [2.75, 3.05) is 5.32 Å². The maximum Gasteiger partial charge on any atom is 0.274 e. The minimum absolute atomic E-state index is 0.0406. The molecule has 116 valence electrons. The Morgan fingerprint density at radius 3 is 2.65 bits per heavy atom. The predicted octanol–water partition coefficient (Wildman–Crippen LogP) is 2.16. The van der Waals surface area contributed by atoms with E-state index >= 15 is 0 Å². The average molecular weight is 329 g/mol. The second-order valence-electron chi connectivity index (χ2n) is 5.01. The lowest BCUT2D eigenvalue weighted by Gasteiger charge is -2.08. The van der Waals surface area contributed by atoms with Gasteiger partial charge < -0.3 is 5.32 Å². The number of hydrogen-bond acceptors (Lipinski definition) is 4. The molecular formula is C16H13ClN4O2. The van der Waals surface area contributed by atoms with Crippen LogP contribution in [0.25, 0.3) is 10.8 Å². The zero-order valence-corrected chi connectivity index (χ0v) is 13.0. The summed E-state index contributed by atoms with van der Waals surface area (Å²) in [4.78, 5) is 28.3. The van der Waals surface area contributed by atoms with Gasteiger partial charge in [-0.1, -0.05) is 29.8 Å². The number of amides is 1. The highest BCUT2D eigenvalue weighted by molar-refractivity contribution is 6.30. The molecule has 0 bridgehead atoms. The van der Waals surface area contributed by atoms with E-state index in [1.807, 2.05) is 6.07 Å². The van der Waals surface area contributed by atoms with Crippen molar-refractivity contribution >= 4 is 34.1 Å². The van der Waals surface area contributed by atoms with Crippen LogP contribution >= 0.6 is 11.6 Å². The highest BCUT2D eigenvalue weighted by Gasteiger charge is 2.12. The second kappa shape index (κ2) is 6.18. The van der Waals surface area contributed by atoms with E-state index in [0.29, 0.717) is 27.3 Å². The van der Waals surface area contributed by atoms with Crippen molar-refractivity contribution in [1.82, 2.24) is 14.8 Å². The number of benzene rings is 1. The van der Waals surface area contributed by atoms with E-state index in [9.17, 15) is 9.59 Å². The Bertz CT molecular complexity index is 935. The third kappa shape index (κ3) is 3.22. The first-order valence-corrected chi connectivity index (χ1v) is 7.29. The third-order valence-electron chi connectivity index (χ3n) is 3.36. The van der Waals surface area contributed by atoms with Crippen LogP contribution in [-0.4, -0.2) is 20.7 Å². The summed E-state index contributed by atoms with van der Waals surface area (Å²) in [5.74, 6) is 0.143. The van der Waals surface area contributed by atoms with Crippen molar-refractivity contribution in [1.29, 1.82) is 0 Å². The third-order valence-corrected chi connectivity index (χ3v) is 3.58. The van der Waals surface area contributed by atoms with E-state index in [2.05, 4.69) is 15.4 Å². The highest BCUT2D eigenvalue weighted by atomic mass is 35.5. The summed E-state index contributed by atoms with van der Waals surface area (Å²) in [6, 6.07) is 10.4. The molecule has 0 atom stereocenters. The topological polar surface area (TPSA) is 76.9 Å². The summed E-state index contributed by atoms with van der Waals surface area (Å²) in [6.07, 6.45) is 1.50. The number of aromatic nitrogens is 3. The van der Waals surface area contributed by atoms with E-state index in [0.717, 1.165) is 0 Å². The van der Waals surface area contributed by atoms with Crippen molar-refractivity contribution < 1.29 is 4.79 Å². The van der Waals surface area contributed by atoms with Crippen LogP contribution in [0.5, 0.6) is 0 Å². The van der Waals surface area contributed by atoms with Gasteiger partial charge in [0.25, 0.3) is 5.56 Å². The second-order valence-corrected chi connectivity index (χ2v) is 5.44. The van der Waals surface area contributed by atoms with Gasteiger partial charge in [-0.05, 0) is 18.2 Å². The molecule has 0 saturated carbocycles. The van der Waals surface area contributed by atoms with Crippen LogP contribution in [0.4, 0.5) is 5.82 Å². The lowest BCUT2D eigenvalue weighted by molar-refractivity contribution is -0.115. The molecule has 0 spiro atoms. The number of pyridine rings is 1. The van der Waals surface area contributed by atoms with E-state index in [1.165, 1.54) is 10.9 Å². The highest BCUT2D eigenvalue weighted by Crippen LogP contribution is 2.14. The van der Waals surface area contributed by atoms with E-state index in [4.69, 9.17) is 11.6 Å². The van der Waals surface area contributed by atoms with Crippen molar-refractivity contribution in [3.8, 4) is 0 Å². The zero-order valence-electron chi connectivity index (χ0n) is 12.3. The molecule has 1 aromatic carbocycles. The van der Waals surface area contributed by atoms with Gasteiger partial charge in [-0.2, -0.15) is 5.10 Å². The Hall–Kier alpha value is -2.73. The molecule has 3 aromatic rings. The first kappa shape index (κ1) is 15.2. The first-order valence-electron chi connectivity index (χ1n) is 6.91. The fraction of sp³-hybridized carbons (Fsp3) is 0.125. The van der Waals surface area contributed by atoms with Gasteiger partial charge in [0.1, 0.15) is 5.82 Å². The number of hydrogen-bond donors (Lipinski definition) is 1. The number of nitrogens with one attached hydrogen (secondary N) is 1. The van der Waals surface area contributed by atoms with Gasteiger partial charge in [0.2, 0.25) is 5.91 Å². The summed E-state index contributed by atoms with van der Waals surface area (Å²) in [6.45, 7) is 0. The van der Waals surface area contributed by atoms with Crippen molar-refractivity contribution in [3.05, 3.63) is 63.7 Å². The molecule has 0 radical (unpaired) electrons. The Kier molecular flexibility index (Phi) is 4.08. The summed E-state index contributed by atoms with van der Waals surface area (Å²) >= 11 is 5.76. The molecule has 6 nitrogen and oxygen atoms in total. The van der Waals surface area contributed by atoms with Gasteiger partial charge >= 0.3 is 0 Å². The SMILES string of the molecule is Cn1nc(CC(=O)Nc2ccc(Cl)cn2)c2ccccc2c1=O. The first-order chi connectivity index (χ1) is 11.0. The number of carbonyl (C=O) groups excluding carboxylic acids is 1. The van der Waals surface area contributed by atoms with Gasteiger partial charge in [-0.3, -0.25) is 9.59 Å². The number of anilines is 1. The van der Waals surface area contributed by atoms with Crippen LogP contribution in [0.15, 0.2) is 47.4 Å². The van der Waals surface area contributed by atoms with E-state index < -0.39 is 0 Å². The summed E-state index contributed by atoms with van der Waals surface area (Å²) in [7, 11) is 1.57. The molecule has 2 heterocycles. The van der Waals surface area contributed by atoms with Crippen LogP contribution in [0.1, 0.15) is 5.69 Å². The van der Waals surface area contributed by atoms with Crippen LogP contribution < -0.4 is 10.9 Å². The van der Waals surface area contributed by atoms with Gasteiger partial charge in [-0.25, -0.2) is 9.67 Å². The molecule has 0 aliphatic carbocycles. The zero-order chi connectivity index (χ0) is 16.4. The molecular weight excluding hydrogens is 316 g/mol. The number of aryl methyl sites for hydroxylation is 1. The summed E-state index contributed by atoms with van der Waals surface area (Å²) in [5.41, 5.74) is 0.346. The number of halogens is 1. The number of carbonyl (C=O) groups is 1. The average Bonchev–Trinajstić information content (AvgIpc) is 2.54. The molecule has 1 amide bonds. The molecule has 0 aliphatic rings. The molecule has 0 fully saturated rings. The Morgan fingerprint density at radius 2 is 1.96 bits per heavy atom. The van der Waals surface area contributed by atoms with Gasteiger partial charge in [0, 0.05) is 18.6 Å². The van der Waals surface area contributed by atoms with E-state index in [1.54, 1.807) is 37.4 Å². The van der Waals surface area contributed by atoms with Crippen LogP contribution in [0, 0.1) is 0 Å². The number of nitrogens with zero attached hydrogens (tertiary/aromatic N) is 3. The molecule has 0 aliphatic heterocycles. The molecule has 3 rings (SSSR count). The maximum atomic E-state index is 12.2. The number of fused-ring (bicyclic) bond motifs is 1. The quantitative estimate of drug-likeness (QED) is 0.799. The molecule has 7 heteroatoms. The predicted molar refractivity (Wildman–Crippen MR) is 88.6 cm³/mol. The van der Waals surface area contributed by atoms with Gasteiger partial charge in [0.05, 0.1) is 22.5 Å². The normalized spacial score (nSPS) is 10.7. The lowest BCUT2D eigenvalue weighted by Crippen LogP contribution is -2.24.